The standard InChI is InChI=1S/C55H58N8O5S2/c1-7-14-62(15-8-2)54(66)44-27-48-50(29-42(30-51(48)68-5)38-11-12-46-43(25-38)21-35(3)63(55(46)67)18-19-69-6)59-53(31-44)60-70-20-17-61(4)16-13-39-24-37(9-10-40(39)34-65)41-26-45(32-56)47-22-36(33-64)23-52(57)58-49(47)28-41/h9-13,16,21-22,24-30,33-34H,7-8,14-15,17-20,23,31H2,1-6H3,(H2,57,58)(H,59,60)/b16-13-. The molecule has 7 rings (SSSR count). The van der Waals surface area contributed by atoms with Crippen LogP contribution in [-0.4, -0.2) is 96.1 Å². The van der Waals surface area contributed by atoms with E-state index in [0.29, 0.717) is 93.7 Å². The van der Waals surface area contributed by atoms with E-state index in [2.05, 4.69) is 35.7 Å². The molecule has 0 atom stereocenters. The van der Waals surface area contributed by atoms with Gasteiger partial charge in [-0.2, -0.15) is 17.0 Å². The molecule has 3 heterocycles. The minimum Gasteiger partial charge on any atom is -0.496 e. The number of fused-ring (bicyclic) bond motifs is 3. The van der Waals surface area contributed by atoms with Gasteiger partial charge in [0.15, 0.2) is 6.29 Å². The number of carbonyl (C=O) groups is 3. The first kappa shape index (κ1) is 50.7. The number of amidine groups is 2. The van der Waals surface area contributed by atoms with Gasteiger partial charge in [-0.25, -0.2) is 9.98 Å². The summed E-state index contributed by atoms with van der Waals surface area (Å²) in [5.41, 5.74) is 15.3. The van der Waals surface area contributed by atoms with Crippen molar-refractivity contribution < 1.29 is 19.1 Å². The number of carbonyl (C=O) groups excluding carboxylic acids is 3. The molecule has 0 unspecified atom stereocenters. The van der Waals surface area contributed by atoms with E-state index in [1.54, 1.807) is 37.1 Å². The first-order valence-corrected chi connectivity index (χ1v) is 25.7. The third kappa shape index (κ3) is 11.6. The van der Waals surface area contributed by atoms with Gasteiger partial charge >= 0.3 is 0 Å². The lowest BCUT2D eigenvalue weighted by Crippen LogP contribution is -2.34. The smallest absolute Gasteiger partial charge is 0.258 e. The molecule has 0 aliphatic carbocycles. The van der Waals surface area contributed by atoms with Crippen LogP contribution in [0.1, 0.15) is 77.8 Å². The van der Waals surface area contributed by atoms with Crippen LogP contribution in [0.2, 0.25) is 0 Å². The van der Waals surface area contributed by atoms with Crippen LogP contribution in [0.4, 0.5) is 11.4 Å². The fourth-order valence-corrected chi connectivity index (χ4v) is 9.75. The number of nitrogens with one attached hydrogen (secondary N) is 1. The highest BCUT2D eigenvalue weighted by Crippen LogP contribution is 2.40. The molecule has 1 amide bonds. The van der Waals surface area contributed by atoms with Crippen LogP contribution < -0.4 is 20.8 Å². The number of nitrogens with zero attached hydrogens (tertiary/aromatic N) is 6. The lowest BCUT2D eigenvalue weighted by Gasteiger charge is -2.23. The summed E-state index contributed by atoms with van der Waals surface area (Å²) in [6.45, 7) is 8.69. The van der Waals surface area contributed by atoms with E-state index in [1.165, 1.54) is 11.9 Å². The number of aromatic nitrogens is 1. The zero-order valence-electron chi connectivity index (χ0n) is 40.5. The molecule has 3 N–H and O–H groups in total. The molecule has 5 aromatic rings. The van der Waals surface area contributed by atoms with E-state index in [1.807, 2.05) is 101 Å². The predicted molar refractivity (Wildman–Crippen MR) is 289 cm³/mol. The predicted octanol–water partition coefficient (Wildman–Crippen LogP) is 9.98. The zero-order valence-corrected chi connectivity index (χ0v) is 42.1. The van der Waals surface area contributed by atoms with Crippen molar-refractivity contribution >= 4 is 94.2 Å². The highest BCUT2D eigenvalue weighted by Gasteiger charge is 2.25. The van der Waals surface area contributed by atoms with Gasteiger partial charge < -0.3 is 29.6 Å². The Morgan fingerprint density at radius 3 is 2.31 bits per heavy atom. The third-order valence-corrected chi connectivity index (χ3v) is 13.5. The summed E-state index contributed by atoms with van der Waals surface area (Å²) in [4.78, 5) is 65.2. The SMILES string of the molecule is CCCN(CCC)C(=O)C1=Cc2c(cc(-c3ccc4c(=O)n(CCSC)c(C)cc4c3)cc2OC)N=C(NSCCN(C)/C=C\c2cc(-c3cc(C#N)c4c(c3)N=C(N)CC(C=O)=C4)ccc2C=O)C1. The van der Waals surface area contributed by atoms with Crippen molar-refractivity contribution in [2.45, 2.75) is 53.0 Å². The molecular weight excluding hydrogens is 917 g/mol. The number of hydrogen-bond donors (Lipinski definition) is 2. The number of aliphatic imine (C=N–C) groups is 2. The van der Waals surface area contributed by atoms with Gasteiger partial charge in [0, 0.05) is 96.5 Å². The van der Waals surface area contributed by atoms with Crippen LogP contribution in [0.5, 0.6) is 5.75 Å². The number of nitriles is 1. The summed E-state index contributed by atoms with van der Waals surface area (Å²) in [5.74, 6) is 2.96. The Morgan fingerprint density at radius 1 is 0.886 bits per heavy atom. The fraction of sp³-hybridized carbons (Fsp3) is 0.291. The molecule has 0 saturated carbocycles. The number of hydrogen-bond acceptors (Lipinski definition) is 13. The quantitative estimate of drug-likeness (QED) is 0.0458. The molecule has 2 aliphatic heterocycles. The Labute approximate surface area is 418 Å². The number of benzene rings is 4. The normalized spacial score (nSPS) is 13.2. The van der Waals surface area contributed by atoms with Gasteiger partial charge in [-0.3, -0.25) is 19.2 Å². The summed E-state index contributed by atoms with van der Waals surface area (Å²) in [6.07, 6.45) is 13.1. The Morgan fingerprint density at radius 2 is 1.61 bits per heavy atom. The number of rotatable bonds is 19. The van der Waals surface area contributed by atoms with Gasteiger partial charge in [-0.15, -0.1) is 0 Å². The van der Waals surface area contributed by atoms with Crippen LogP contribution in [0.25, 0.3) is 51.3 Å². The van der Waals surface area contributed by atoms with Crippen molar-refractivity contribution in [3.63, 3.8) is 0 Å². The first-order valence-electron chi connectivity index (χ1n) is 23.3. The second kappa shape index (κ2) is 23.4. The number of methoxy groups -OCH3 is 1. The maximum absolute atomic E-state index is 14.3. The van der Waals surface area contributed by atoms with E-state index in [0.717, 1.165) is 70.1 Å². The molecular formula is C55H58N8O5S2. The lowest BCUT2D eigenvalue weighted by atomic mass is 9.94. The molecule has 0 saturated heterocycles. The second-order valence-electron chi connectivity index (χ2n) is 17.2. The molecule has 1 aromatic heterocycles. The summed E-state index contributed by atoms with van der Waals surface area (Å²) in [5, 5.41) is 11.6. The van der Waals surface area contributed by atoms with Gasteiger partial charge in [0.25, 0.3) is 5.56 Å². The minimum absolute atomic E-state index is 0.00174. The van der Waals surface area contributed by atoms with Gasteiger partial charge in [0.1, 0.15) is 23.7 Å². The van der Waals surface area contributed by atoms with Crippen LogP contribution in [0.15, 0.2) is 98.9 Å². The van der Waals surface area contributed by atoms with E-state index >= 15 is 0 Å². The number of aryl methyl sites for hydroxylation is 1. The number of ether oxygens (including phenoxy) is 1. The molecule has 2 aliphatic rings. The van der Waals surface area contributed by atoms with Crippen LogP contribution in [0.3, 0.4) is 0 Å². The number of thioether (sulfide) groups is 1. The Hall–Kier alpha value is -7.15. The largest absolute Gasteiger partial charge is 0.496 e. The van der Waals surface area contributed by atoms with Crippen molar-refractivity contribution in [3.05, 3.63) is 128 Å². The molecule has 15 heteroatoms. The average Bonchev–Trinajstić information content (AvgIpc) is 3.66. The summed E-state index contributed by atoms with van der Waals surface area (Å²) in [7, 11) is 3.58. The Bertz CT molecular complexity index is 3100. The molecule has 0 bridgehead atoms. The molecule has 0 radical (unpaired) electrons. The highest BCUT2D eigenvalue weighted by atomic mass is 32.2. The fourth-order valence-electron chi connectivity index (χ4n) is 8.62. The van der Waals surface area contributed by atoms with Crippen molar-refractivity contribution in [2.24, 2.45) is 15.7 Å². The summed E-state index contributed by atoms with van der Waals surface area (Å²) >= 11 is 3.19. The average molecular weight is 975 g/mol. The lowest BCUT2D eigenvalue weighted by molar-refractivity contribution is -0.127. The number of amides is 1. The van der Waals surface area contributed by atoms with E-state index in [4.69, 9.17) is 15.5 Å². The number of aldehydes is 2. The third-order valence-electron chi connectivity index (χ3n) is 12.2. The molecule has 0 spiro atoms. The number of nitrogens with two attached hydrogens (primary N) is 1. The number of pyridine rings is 1. The first-order chi connectivity index (χ1) is 33.9. The van der Waals surface area contributed by atoms with Gasteiger partial charge in [0.2, 0.25) is 5.91 Å². The Kier molecular flexibility index (Phi) is 17.0. The maximum atomic E-state index is 14.3. The van der Waals surface area contributed by atoms with Crippen molar-refractivity contribution in [1.29, 1.82) is 5.26 Å². The van der Waals surface area contributed by atoms with Gasteiger partial charge in [0.05, 0.1) is 30.1 Å². The van der Waals surface area contributed by atoms with Crippen LogP contribution in [0, 0.1) is 18.3 Å². The van der Waals surface area contributed by atoms with Crippen molar-refractivity contribution in [3.8, 4) is 34.1 Å². The summed E-state index contributed by atoms with van der Waals surface area (Å²) < 4.78 is 11.3. The van der Waals surface area contributed by atoms with Crippen molar-refractivity contribution in [1.82, 2.24) is 19.1 Å². The second-order valence-corrected chi connectivity index (χ2v) is 19.1. The molecule has 0 fully saturated rings. The molecule has 70 heavy (non-hydrogen) atoms. The van der Waals surface area contributed by atoms with E-state index < -0.39 is 0 Å². The van der Waals surface area contributed by atoms with Gasteiger partial charge in [-0.1, -0.05) is 32.0 Å². The summed E-state index contributed by atoms with van der Waals surface area (Å²) in [6, 6.07) is 23.2. The Balaban J connectivity index is 1.12. The maximum Gasteiger partial charge on any atom is 0.258 e. The minimum atomic E-state index is -0.0324. The topological polar surface area (TPSA) is 175 Å². The molecule has 360 valence electrons. The van der Waals surface area contributed by atoms with E-state index in [-0.39, 0.29) is 30.1 Å². The molecule has 13 nitrogen and oxygen atoms in total. The molecule has 4 aromatic carbocycles. The highest BCUT2D eigenvalue weighted by molar-refractivity contribution is 7.98. The van der Waals surface area contributed by atoms with Crippen LogP contribution in [-0.2, 0) is 16.1 Å². The zero-order chi connectivity index (χ0) is 49.9. The van der Waals surface area contributed by atoms with E-state index in [9.17, 15) is 24.4 Å². The van der Waals surface area contributed by atoms with Crippen LogP contribution >= 0.6 is 23.7 Å². The van der Waals surface area contributed by atoms with Gasteiger partial charge in [-0.05, 0) is 144 Å². The monoisotopic (exact) mass is 974 g/mol. The van der Waals surface area contributed by atoms with Crippen molar-refractivity contribution in [2.75, 3.05) is 51.6 Å².